The van der Waals surface area contributed by atoms with Gasteiger partial charge in [0, 0.05) is 6.42 Å². The Bertz CT molecular complexity index is 332. The van der Waals surface area contributed by atoms with Crippen LogP contribution in [0.1, 0.15) is 24.4 Å². The van der Waals surface area contributed by atoms with E-state index in [0.29, 0.717) is 6.42 Å². The lowest BCUT2D eigenvalue weighted by Crippen LogP contribution is -2.18. The highest BCUT2D eigenvalue weighted by Crippen LogP contribution is 2.25. The average molecular weight is 191 g/mol. The SMILES string of the molecule is COc1ccc(C2CCC(=O)N2)cc1. The van der Waals surface area contributed by atoms with Crippen LogP contribution in [0.2, 0.25) is 0 Å². The van der Waals surface area contributed by atoms with Crippen LogP contribution in [0.4, 0.5) is 0 Å². The average Bonchev–Trinajstić information content (AvgIpc) is 2.65. The van der Waals surface area contributed by atoms with Crippen LogP contribution in [0.5, 0.6) is 5.75 Å². The molecular weight excluding hydrogens is 178 g/mol. The third-order valence-corrected chi connectivity index (χ3v) is 2.51. The Hall–Kier alpha value is -1.51. The van der Waals surface area contributed by atoms with E-state index < -0.39 is 0 Å². The van der Waals surface area contributed by atoms with E-state index in [9.17, 15) is 4.79 Å². The van der Waals surface area contributed by atoms with Crippen molar-refractivity contribution in [2.75, 3.05) is 7.11 Å². The van der Waals surface area contributed by atoms with Gasteiger partial charge in [-0.15, -0.1) is 0 Å². The molecule has 0 saturated carbocycles. The molecule has 0 aromatic heterocycles. The molecule has 1 atom stereocenters. The number of carbonyl (C=O) groups is 1. The van der Waals surface area contributed by atoms with Gasteiger partial charge in [-0.3, -0.25) is 4.79 Å². The first-order valence-corrected chi connectivity index (χ1v) is 4.73. The first kappa shape index (κ1) is 9.06. The number of nitrogens with one attached hydrogen (secondary N) is 1. The molecule has 3 heteroatoms. The summed E-state index contributed by atoms with van der Waals surface area (Å²) in [6.45, 7) is 0. The molecule has 1 aliphatic rings. The number of hydrogen-bond donors (Lipinski definition) is 1. The van der Waals surface area contributed by atoms with E-state index in [4.69, 9.17) is 4.74 Å². The Morgan fingerprint density at radius 1 is 1.36 bits per heavy atom. The number of rotatable bonds is 2. The zero-order valence-corrected chi connectivity index (χ0v) is 8.12. The van der Waals surface area contributed by atoms with Gasteiger partial charge in [0.05, 0.1) is 13.2 Å². The van der Waals surface area contributed by atoms with Gasteiger partial charge in [-0.2, -0.15) is 0 Å². The molecule has 0 radical (unpaired) electrons. The molecule has 0 bridgehead atoms. The molecule has 1 heterocycles. The molecule has 1 N–H and O–H groups in total. The summed E-state index contributed by atoms with van der Waals surface area (Å²) in [5.74, 6) is 0.990. The molecule has 0 aliphatic carbocycles. The maximum atomic E-state index is 11.0. The molecule has 74 valence electrons. The van der Waals surface area contributed by atoms with Gasteiger partial charge >= 0.3 is 0 Å². The van der Waals surface area contributed by atoms with Crippen molar-refractivity contribution in [3.05, 3.63) is 29.8 Å². The fraction of sp³-hybridized carbons (Fsp3) is 0.364. The second kappa shape index (κ2) is 3.70. The van der Waals surface area contributed by atoms with Crippen LogP contribution in [-0.4, -0.2) is 13.0 Å². The highest BCUT2D eigenvalue weighted by atomic mass is 16.5. The summed E-state index contributed by atoms with van der Waals surface area (Å²) in [4.78, 5) is 11.0. The zero-order chi connectivity index (χ0) is 9.97. The number of ether oxygens (including phenoxy) is 1. The van der Waals surface area contributed by atoms with Gasteiger partial charge in [0.2, 0.25) is 5.91 Å². The standard InChI is InChI=1S/C11H13NO2/c1-14-9-4-2-8(3-5-9)10-6-7-11(13)12-10/h2-5,10H,6-7H2,1H3,(H,12,13). The molecule has 1 fully saturated rings. The highest BCUT2D eigenvalue weighted by Gasteiger charge is 2.21. The van der Waals surface area contributed by atoms with Crippen molar-refractivity contribution in [2.45, 2.75) is 18.9 Å². The van der Waals surface area contributed by atoms with Crippen LogP contribution in [0.25, 0.3) is 0 Å². The maximum Gasteiger partial charge on any atom is 0.220 e. The fourth-order valence-corrected chi connectivity index (χ4v) is 1.70. The van der Waals surface area contributed by atoms with Gasteiger partial charge in [0.1, 0.15) is 5.75 Å². The van der Waals surface area contributed by atoms with Crippen LogP contribution in [0.15, 0.2) is 24.3 Å². The van der Waals surface area contributed by atoms with Crippen LogP contribution in [0, 0.1) is 0 Å². The lowest BCUT2D eigenvalue weighted by atomic mass is 10.1. The van der Waals surface area contributed by atoms with Gasteiger partial charge in [-0.1, -0.05) is 12.1 Å². The van der Waals surface area contributed by atoms with E-state index in [1.807, 2.05) is 24.3 Å². The van der Waals surface area contributed by atoms with Crippen LogP contribution in [0.3, 0.4) is 0 Å². The molecule has 1 aromatic carbocycles. The predicted molar refractivity (Wildman–Crippen MR) is 53.1 cm³/mol. The number of benzene rings is 1. The lowest BCUT2D eigenvalue weighted by molar-refractivity contribution is -0.119. The van der Waals surface area contributed by atoms with Crippen molar-refractivity contribution in [3.8, 4) is 5.75 Å². The second-order valence-electron chi connectivity index (χ2n) is 3.43. The van der Waals surface area contributed by atoms with Gasteiger partial charge in [0.15, 0.2) is 0 Å². The third-order valence-electron chi connectivity index (χ3n) is 2.51. The van der Waals surface area contributed by atoms with Gasteiger partial charge in [-0.25, -0.2) is 0 Å². The monoisotopic (exact) mass is 191 g/mol. The molecule has 14 heavy (non-hydrogen) atoms. The number of methoxy groups -OCH3 is 1. The largest absolute Gasteiger partial charge is 0.497 e. The summed E-state index contributed by atoms with van der Waals surface area (Å²) in [6, 6.07) is 8.01. The van der Waals surface area contributed by atoms with E-state index in [0.717, 1.165) is 17.7 Å². The summed E-state index contributed by atoms with van der Waals surface area (Å²) in [5.41, 5.74) is 1.15. The van der Waals surface area contributed by atoms with Gasteiger partial charge in [0.25, 0.3) is 0 Å². The zero-order valence-electron chi connectivity index (χ0n) is 8.12. The van der Waals surface area contributed by atoms with Crippen molar-refractivity contribution in [3.63, 3.8) is 0 Å². The molecule has 1 amide bonds. The Labute approximate surface area is 83.1 Å². The molecule has 1 unspecified atom stereocenters. The minimum Gasteiger partial charge on any atom is -0.497 e. The first-order valence-electron chi connectivity index (χ1n) is 4.73. The minimum atomic E-state index is 0.144. The normalized spacial score (nSPS) is 20.6. The maximum absolute atomic E-state index is 11.0. The van der Waals surface area contributed by atoms with E-state index in [1.54, 1.807) is 7.11 Å². The second-order valence-corrected chi connectivity index (χ2v) is 3.43. The van der Waals surface area contributed by atoms with Crippen molar-refractivity contribution < 1.29 is 9.53 Å². The summed E-state index contributed by atoms with van der Waals surface area (Å²) in [6.07, 6.45) is 1.53. The van der Waals surface area contributed by atoms with Crippen molar-refractivity contribution in [1.29, 1.82) is 0 Å². The Morgan fingerprint density at radius 2 is 2.07 bits per heavy atom. The molecule has 1 saturated heterocycles. The first-order chi connectivity index (χ1) is 6.79. The van der Waals surface area contributed by atoms with E-state index in [-0.39, 0.29) is 11.9 Å². The van der Waals surface area contributed by atoms with Crippen LogP contribution >= 0.6 is 0 Å². The summed E-state index contributed by atoms with van der Waals surface area (Å²) < 4.78 is 5.07. The molecule has 1 aromatic rings. The van der Waals surface area contributed by atoms with E-state index >= 15 is 0 Å². The topological polar surface area (TPSA) is 38.3 Å². The summed E-state index contributed by atoms with van der Waals surface area (Å²) >= 11 is 0. The van der Waals surface area contributed by atoms with Crippen LogP contribution in [-0.2, 0) is 4.79 Å². The molecule has 2 rings (SSSR count). The highest BCUT2D eigenvalue weighted by molar-refractivity contribution is 5.78. The van der Waals surface area contributed by atoms with Crippen molar-refractivity contribution in [2.24, 2.45) is 0 Å². The number of hydrogen-bond acceptors (Lipinski definition) is 2. The van der Waals surface area contributed by atoms with Crippen molar-refractivity contribution >= 4 is 5.91 Å². The van der Waals surface area contributed by atoms with E-state index in [2.05, 4.69) is 5.32 Å². The Morgan fingerprint density at radius 3 is 2.57 bits per heavy atom. The smallest absolute Gasteiger partial charge is 0.220 e. The van der Waals surface area contributed by atoms with Gasteiger partial charge < -0.3 is 10.1 Å². The Balaban J connectivity index is 2.13. The van der Waals surface area contributed by atoms with Crippen molar-refractivity contribution in [1.82, 2.24) is 5.32 Å². The third kappa shape index (κ3) is 1.71. The van der Waals surface area contributed by atoms with Gasteiger partial charge in [-0.05, 0) is 24.1 Å². The van der Waals surface area contributed by atoms with E-state index in [1.165, 1.54) is 0 Å². The Kier molecular flexibility index (Phi) is 2.39. The summed E-state index contributed by atoms with van der Waals surface area (Å²) in [5, 5.41) is 2.93. The molecular formula is C11H13NO2. The predicted octanol–water partition coefficient (Wildman–Crippen LogP) is 1.65. The molecule has 0 spiro atoms. The number of amides is 1. The fourth-order valence-electron chi connectivity index (χ4n) is 1.70. The minimum absolute atomic E-state index is 0.144. The quantitative estimate of drug-likeness (QED) is 0.771. The number of carbonyl (C=O) groups excluding carboxylic acids is 1. The molecule has 3 nitrogen and oxygen atoms in total. The summed E-state index contributed by atoms with van der Waals surface area (Å²) in [7, 11) is 1.65. The van der Waals surface area contributed by atoms with Crippen LogP contribution < -0.4 is 10.1 Å². The molecule has 1 aliphatic heterocycles. The lowest BCUT2D eigenvalue weighted by Gasteiger charge is -2.10.